The van der Waals surface area contributed by atoms with E-state index in [1.54, 1.807) is 6.07 Å². The Morgan fingerprint density at radius 3 is 2.42 bits per heavy atom. The number of nitrogens with one attached hydrogen (secondary N) is 2. The molecule has 0 saturated carbocycles. The summed E-state index contributed by atoms with van der Waals surface area (Å²) in [5.41, 5.74) is 2.80. The molecule has 3 aromatic rings. The number of aromatic amines is 1. The van der Waals surface area contributed by atoms with Crippen molar-refractivity contribution in [3.63, 3.8) is 0 Å². The molecule has 2 aromatic carbocycles. The van der Waals surface area contributed by atoms with Gasteiger partial charge in [-0.25, -0.2) is 0 Å². The number of carbonyl (C=O) groups is 1. The normalized spacial score (nSPS) is 12.3. The maximum absolute atomic E-state index is 12.8. The van der Waals surface area contributed by atoms with Gasteiger partial charge in [0.2, 0.25) is 0 Å². The SMILES string of the molecule is CCc1ccc([C@@H](NC(=O)c2cc3ccccc3[nH]c2=O)C(C)C)cc1. The molecule has 0 aliphatic rings. The van der Waals surface area contributed by atoms with Gasteiger partial charge in [-0.3, -0.25) is 9.59 Å². The zero-order chi connectivity index (χ0) is 18.7. The quantitative estimate of drug-likeness (QED) is 0.725. The van der Waals surface area contributed by atoms with E-state index in [-0.39, 0.29) is 29.0 Å². The van der Waals surface area contributed by atoms with E-state index in [0.717, 1.165) is 22.9 Å². The number of hydrogen-bond donors (Lipinski definition) is 2. The molecule has 1 amide bonds. The molecule has 0 radical (unpaired) electrons. The molecule has 0 aliphatic carbocycles. The zero-order valence-corrected chi connectivity index (χ0v) is 15.4. The van der Waals surface area contributed by atoms with Gasteiger partial charge in [0.05, 0.1) is 6.04 Å². The summed E-state index contributed by atoms with van der Waals surface area (Å²) in [7, 11) is 0. The fourth-order valence-corrected chi connectivity index (χ4v) is 3.13. The predicted molar refractivity (Wildman–Crippen MR) is 105 cm³/mol. The minimum Gasteiger partial charge on any atom is -0.345 e. The molecule has 134 valence electrons. The van der Waals surface area contributed by atoms with Crippen molar-refractivity contribution in [3.05, 3.63) is 81.6 Å². The molecule has 0 unspecified atom stereocenters. The van der Waals surface area contributed by atoms with Crippen LogP contribution in [0.15, 0.2) is 59.4 Å². The standard InChI is InChI=1S/C22H24N2O2/c1-4-15-9-11-16(12-10-15)20(14(2)3)24-22(26)18-13-17-7-5-6-8-19(17)23-21(18)25/h5-14,20H,4H2,1-3H3,(H,23,25)(H,24,26)/t20-/m0/s1. The second-order valence-electron chi connectivity index (χ2n) is 6.89. The van der Waals surface area contributed by atoms with Crippen LogP contribution in [0.3, 0.4) is 0 Å². The Morgan fingerprint density at radius 1 is 1.08 bits per heavy atom. The van der Waals surface area contributed by atoms with E-state index < -0.39 is 0 Å². The summed E-state index contributed by atoms with van der Waals surface area (Å²) < 4.78 is 0. The topological polar surface area (TPSA) is 62.0 Å². The first kappa shape index (κ1) is 17.9. The Labute approximate surface area is 153 Å². The number of fused-ring (bicyclic) bond motifs is 1. The fraction of sp³-hybridized carbons (Fsp3) is 0.273. The van der Waals surface area contributed by atoms with E-state index in [1.165, 1.54) is 5.56 Å². The molecule has 2 N–H and O–H groups in total. The van der Waals surface area contributed by atoms with Crippen molar-refractivity contribution in [2.24, 2.45) is 5.92 Å². The monoisotopic (exact) mass is 348 g/mol. The summed E-state index contributed by atoms with van der Waals surface area (Å²) in [5, 5.41) is 3.87. The number of carbonyl (C=O) groups excluding carboxylic acids is 1. The minimum atomic E-state index is -0.370. The van der Waals surface area contributed by atoms with Gasteiger partial charge in [0.1, 0.15) is 5.56 Å². The van der Waals surface area contributed by atoms with Crippen LogP contribution in [0.4, 0.5) is 0 Å². The summed E-state index contributed by atoms with van der Waals surface area (Å²) in [6.45, 7) is 6.23. The smallest absolute Gasteiger partial charge is 0.261 e. The maximum atomic E-state index is 12.8. The van der Waals surface area contributed by atoms with Crippen LogP contribution in [0.5, 0.6) is 0 Å². The molecule has 0 aliphatic heterocycles. The van der Waals surface area contributed by atoms with Crippen LogP contribution in [0, 0.1) is 5.92 Å². The number of amides is 1. The molecule has 0 bridgehead atoms. The van der Waals surface area contributed by atoms with E-state index >= 15 is 0 Å². The molecule has 4 heteroatoms. The Balaban J connectivity index is 1.90. The third-order valence-corrected chi connectivity index (χ3v) is 4.70. The average molecular weight is 348 g/mol. The van der Waals surface area contributed by atoms with Crippen molar-refractivity contribution in [1.82, 2.24) is 10.3 Å². The number of H-pyrrole nitrogens is 1. The van der Waals surface area contributed by atoms with Gasteiger partial charge in [0.25, 0.3) is 11.5 Å². The second kappa shape index (κ2) is 7.56. The summed E-state index contributed by atoms with van der Waals surface area (Å²) in [6.07, 6.45) is 0.978. The van der Waals surface area contributed by atoms with Crippen molar-refractivity contribution in [1.29, 1.82) is 0 Å². The number of rotatable bonds is 5. The Bertz CT molecular complexity index is 971. The molecule has 0 fully saturated rings. The maximum Gasteiger partial charge on any atom is 0.261 e. The van der Waals surface area contributed by atoms with Gasteiger partial charge < -0.3 is 10.3 Å². The highest BCUT2D eigenvalue weighted by Gasteiger charge is 2.21. The lowest BCUT2D eigenvalue weighted by Gasteiger charge is -2.23. The van der Waals surface area contributed by atoms with Crippen molar-refractivity contribution in [2.75, 3.05) is 0 Å². The molecular weight excluding hydrogens is 324 g/mol. The molecule has 1 atom stereocenters. The van der Waals surface area contributed by atoms with Crippen LogP contribution in [-0.4, -0.2) is 10.9 Å². The van der Waals surface area contributed by atoms with Crippen LogP contribution >= 0.6 is 0 Å². The third kappa shape index (κ3) is 3.69. The van der Waals surface area contributed by atoms with Gasteiger partial charge in [0, 0.05) is 5.52 Å². The largest absolute Gasteiger partial charge is 0.345 e. The lowest BCUT2D eigenvalue weighted by molar-refractivity contribution is 0.0924. The summed E-state index contributed by atoms with van der Waals surface area (Å²) in [4.78, 5) is 27.9. The molecule has 1 heterocycles. The van der Waals surface area contributed by atoms with Gasteiger partial charge in [-0.15, -0.1) is 0 Å². The highest BCUT2D eigenvalue weighted by atomic mass is 16.2. The van der Waals surface area contributed by atoms with E-state index in [1.807, 2.05) is 24.3 Å². The van der Waals surface area contributed by atoms with Crippen LogP contribution in [-0.2, 0) is 6.42 Å². The fourth-order valence-electron chi connectivity index (χ4n) is 3.13. The van der Waals surface area contributed by atoms with E-state index in [4.69, 9.17) is 0 Å². The molecule has 0 saturated heterocycles. The molecule has 3 rings (SSSR count). The predicted octanol–water partition coefficient (Wildman–Crippen LogP) is 4.22. The van der Waals surface area contributed by atoms with Gasteiger partial charge in [0.15, 0.2) is 0 Å². The Morgan fingerprint density at radius 2 is 1.77 bits per heavy atom. The van der Waals surface area contributed by atoms with E-state index in [2.05, 4.69) is 55.3 Å². The van der Waals surface area contributed by atoms with Gasteiger partial charge >= 0.3 is 0 Å². The van der Waals surface area contributed by atoms with Crippen molar-refractivity contribution >= 4 is 16.8 Å². The summed E-state index contributed by atoms with van der Waals surface area (Å²) >= 11 is 0. The summed E-state index contributed by atoms with van der Waals surface area (Å²) in [6, 6.07) is 17.2. The number of aryl methyl sites for hydroxylation is 1. The number of pyridine rings is 1. The van der Waals surface area contributed by atoms with Gasteiger partial charge in [-0.05, 0) is 41.0 Å². The first-order valence-electron chi connectivity index (χ1n) is 9.01. The third-order valence-electron chi connectivity index (χ3n) is 4.70. The van der Waals surface area contributed by atoms with Crippen LogP contribution in [0.1, 0.15) is 48.3 Å². The molecule has 1 aromatic heterocycles. The first-order chi connectivity index (χ1) is 12.5. The molecule has 26 heavy (non-hydrogen) atoms. The van der Waals surface area contributed by atoms with Crippen molar-refractivity contribution < 1.29 is 4.79 Å². The minimum absolute atomic E-state index is 0.138. The summed E-state index contributed by atoms with van der Waals surface area (Å²) in [5.74, 6) is -0.152. The molecule has 4 nitrogen and oxygen atoms in total. The van der Waals surface area contributed by atoms with Crippen LogP contribution < -0.4 is 10.9 Å². The van der Waals surface area contributed by atoms with Crippen LogP contribution in [0.2, 0.25) is 0 Å². The highest BCUT2D eigenvalue weighted by molar-refractivity contribution is 5.97. The number of aromatic nitrogens is 1. The van der Waals surface area contributed by atoms with E-state index in [9.17, 15) is 9.59 Å². The number of para-hydroxylation sites is 1. The van der Waals surface area contributed by atoms with Gasteiger partial charge in [-0.1, -0.05) is 63.2 Å². The van der Waals surface area contributed by atoms with Gasteiger partial charge in [-0.2, -0.15) is 0 Å². The highest BCUT2D eigenvalue weighted by Crippen LogP contribution is 2.23. The average Bonchev–Trinajstić information content (AvgIpc) is 2.65. The molecule has 0 spiro atoms. The lowest BCUT2D eigenvalue weighted by Crippen LogP contribution is -2.35. The molecular formula is C22H24N2O2. The Kier molecular flexibility index (Phi) is 5.21. The lowest BCUT2D eigenvalue weighted by atomic mass is 9.94. The number of benzene rings is 2. The van der Waals surface area contributed by atoms with E-state index in [0.29, 0.717) is 0 Å². The Hall–Kier alpha value is -2.88. The zero-order valence-electron chi connectivity index (χ0n) is 15.4. The number of hydrogen-bond acceptors (Lipinski definition) is 2. The first-order valence-corrected chi connectivity index (χ1v) is 9.01. The van der Waals surface area contributed by atoms with Crippen molar-refractivity contribution in [3.8, 4) is 0 Å². The second-order valence-corrected chi connectivity index (χ2v) is 6.89. The van der Waals surface area contributed by atoms with Crippen molar-refractivity contribution in [2.45, 2.75) is 33.2 Å². The van der Waals surface area contributed by atoms with Crippen LogP contribution in [0.25, 0.3) is 10.9 Å².